The molecule has 3 nitrogen and oxygen atoms in total. The number of nitrogens with two attached hydrogens (primary N) is 1. The molecule has 0 aliphatic rings. The molecule has 0 aliphatic heterocycles. The summed E-state index contributed by atoms with van der Waals surface area (Å²) in [6, 6.07) is 18.7. The molecule has 0 radical (unpaired) electrons. The molecule has 2 unspecified atom stereocenters. The van der Waals surface area contributed by atoms with Gasteiger partial charge in [-0.1, -0.05) is 82.3 Å². The van der Waals surface area contributed by atoms with Crippen molar-refractivity contribution in [1.29, 1.82) is 0 Å². The standard InChI is InChI=1S/C28H43NO2/c1-21(2)17-18-28(19-22(3)4,30-20-24-13-9-8-10-14-24)31-23(5)25-15-11-12-16-26(25)27(6,7)29/h8-16,21-23H,17-20,29H2,1-7H3. The topological polar surface area (TPSA) is 44.5 Å². The molecule has 0 amide bonds. The highest BCUT2D eigenvalue weighted by atomic mass is 16.7. The summed E-state index contributed by atoms with van der Waals surface area (Å²) >= 11 is 0. The fourth-order valence-corrected chi connectivity index (χ4v) is 4.12. The zero-order chi connectivity index (χ0) is 23.1. The van der Waals surface area contributed by atoms with E-state index in [1.54, 1.807) is 0 Å². The van der Waals surface area contributed by atoms with Gasteiger partial charge in [-0.25, -0.2) is 0 Å². The van der Waals surface area contributed by atoms with Gasteiger partial charge in [0.05, 0.1) is 12.7 Å². The molecule has 0 bridgehead atoms. The van der Waals surface area contributed by atoms with Crippen LogP contribution in [0.1, 0.15) is 90.5 Å². The second kappa shape index (κ2) is 11.3. The Kier molecular flexibility index (Phi) is 9.29. The SMILES string of the molecule is CC(C)CCC(CC(C)C)(OCc1ccccc1)OC(C)c1ccccc1C(C)(C)N. The highest BCUT2D eigenvalue weighted by Crippen LogP contribution is 2.38. The Balaban J connectivity index is 2.35. The van der Waals surface area contributed by atoms with Crippen molar-refractivity contribution in [3.05, 3.63) is 71.3 Å². The molecule has 2 atom stereocenters. The van der Waals surface area contributed by atoms with Gasteiger partial charge >= 0.3 is 0 Å². The minimum absolute atomic E-state index is 0.124. The van der Waals surface area contributed by atoms with Gasteiger partial charge in [0.15, 0.2) is 5.79 Å². The molecular weight excluding hydrogens is 382 g/mol. The van der Waals surface area contributed by atoms with E-state index in [9.17, 15) is 0 Å². The van der Waals surface area contributed by atoms with E-state index in [-0.39, 0.29) is 6.10 Å². The van der Waals surface area contributed by atoms with E-state index in [0.29, 0.717) is 18.4 Å². The third kappa shape index (κ3) is 8.07. The number of rotatable bonds is 12. The largest absolute Gasteiger partial charge is 0.345 e. The predicted molar refractivity (Wildman–Crippen MR) is 131 cm³/mol. The first-order valence-electron chi connectivity index (χ1n) is 11.8. The Labute approximate surface area is 190 Å². The van der Waals surface area contributed by atoms with E-state index >= 15 is 0 Å². The quantitative estimate of drug-likeness (QED) is 0.361. The molecule has 0 fully saturated rings. The first kappa shape index (κ1) is 25.6. The maximum Gasteiger partial charge on any atom is 0.169 e. The van der Waals surface area contributed by atoms with Crippen molar-refractivity contribution in [3.8, 4) is 0 Å². The van der Waals surface area contributed by atoms with Crippen molar-refractivity contribution in [2.75, 3.05) is 0 Å². The molecule has 0 aliphatic carbocycles. The normalized spacial score (nSPS) is 15.3. The molecule has 31 heavy (non-hydrogen) atoms. The summed E-state index contributed by atoms with van der Waals surface area (Å²) < 4.78 is 13.5. The van der Waals surface area contributed by atoms with Crippen molar-refractivity contribution in [2.24, 2.45) is 17.6 Å². The predicted octanol–water partition coefficient (Wildman–Crippen LogP) is 7.35. The average Bonchev–Trinajstić information content (AvgIpc) is 2.70. The lowest BCUT2D eigenvalue weighted by atomic mass is 9.88. The van der Waals surface area contributed by atoms with Gasteiger partial charge in [-0.3, -0.25) is 0 Å². The van der Waals surface area contributed by atoms with Crippen molar-refractivity contribution in [3.63, 3.8) is 0 Å². The van der Waals surface area contributed by atoms with Crippen LogP contribution in [-0.2, 0) is 21.6 Å². The third-order valence-corrected chi connectivity index (χ3v) is 5.65. The van der Waals surface area contributed by atoms with Crippen LogP contribution in [0.4, 0.5) is 0 Å². The van der Waals surface area contributed by atoms with Crippen LogP contribution in [0.5, 0.6) is 0 Å². The van der Waals surface area contributed by atoms with Gasteiger partial charge in [-0.2, -0.15) is 0 Å². The molecular formula is C28H43NO2. The van der Waals surface area contributed by atoms with Crippen molar-refractivity contribution in [1.82, 2.24) is 0 Å². The van der Waals surface area contributed by atoms with Crippen LogP contribution < -0.4 is 5.73 Å². The lowest BCUT2D eigenvalue weighted by Gasteiger charge is -2.39. The summed E-state index contributed by atoms with van der Waals surface area (Å²) in [6.45, 7) is 15.8. The summed E-state index contributed by atoms with van der Waals surface area (Å²) in [7, 11) is 0. The molecule has 0 saturated heterocycles. The lowest BCUT2D eigenvalue weighted by molar-refractivity contribution is -0.277. The molecule has 0 saturated carbocycles. The van der Waals surface area contributed by atoms with E-state index in [2.05, 4.69) is 77.1 Å². The zero-order valence-corrected chi connectivity index (χ0v) is 20.7. The molecule has 2 rings (SSSR count). The van der Waals surface area contributed by atoms with Gasteiger partial charge < -0.3 is 15.2 Å². The van der Waals surface area contributed by atoms with Crippen LogP contribution in [0.15, 0.2) is 54.6 Å². The second-order valence-electron chi connectivity index (χ2n) is 10.3. The van der Waals surface area contributed by atoms with Crippen LogP contribution in [0.2, 0.25) is 0 Å². The highest BCUT2D eigenvalue weighted by molar-refractivity contribution is 5.34. The van der Waals surface area contributed by atoms with Crippen LogP contribution >= 0.6 is 0 Å². The molecule has 0 aromatic heterocycles. The zero-order valence-electron chi connectivity index (χ0n) is 20.7. The van der Waals surface area contributed by atoms with Crippen molar-refractivity contribution in [2.45, 2.75) is 91.8 Å². The Morgan fingerprint density at radius 3 is 2.03 bits per heavy atom. The second-order valence-corrected chi connectivity index (χ2v) is 10.3. The monoisotopic (exact) mass is 425 g/mol. The Morgan fingerprint density at radius 2 is 1.45 bits per heavy atom. The number of ether oxygens (including phenoxy) is 2. The highest BCUT2D eigenvalue weighted by Gasteiger charge is 2.36. The van der Waals surface area contributed by atoms with Crippen LogP contribution in [-0.4, -0.2) is 5.79 Å². The molecule has 172 valence electrons. The van der Waals surface area contributed by atoms with Crippen LogP contribution in [0, 0.1) is 11.8 Å². The first-order chi connectivity index (χ1) is 14.5. The molecule has 3 heteroatoms. The number of benzene rings is 2. The maximum absolute atomic E-state index is 6.87. The van der Waals surface area contributed by atoms with Gasteiger partial charge in [0.2, 0.25) is 0 Å². The number of hydrogen-bond acceptors (Lipinski definition) is 3. The molecule has 2 aromatic rings. The average molecular weight is 426 g/mol. The lowest BCUT2D eigenvalue weighted by Crippen LogP contribution is -2.39. The summed E-state index contributed by atoms with van der Waals surface area (Å²) in [6.07, 6.45) is 2.65. The third-order valence-electron chi connectivity index (χ3n) is 5.65. The summed E-state index contributed by atoms with van der Waals surface area (Å²) in [5.74, 6) is 0.400. The van der Waals surface area contributed by atoms with Gasteiger partial charge in [0, 0.05) is 18.4 Å². The fraction of sp³-hybridized carbons (Fsp3) is 0.571. The molecule has 2 N–H and O–H groups in total. The molecule has 2 aromatic carbocycles. The summed E-state index contributed by atoms with van der Waals surface area (Å²) in [4.78, 5) is 0. The van der Waals surface area contributed by atoms with Gasteiger partial charge in [-0.05, 0) is 55.7 Å². The van der Waals surface area contributed by atoms with E-state index in [0.717, 1.165) is 30.4 Å². The minimum Gasteiger partial charge on any atom is -0.345 e. The van der Waals surface area contributed by atoms with Crippen molar-refractivity contribution < 1.29 is 9.47 Å². The van der Waals surface area contributed by atoms with E-state index in [1.807, 2.05) is 26.0 Å². The Bertz CT molecular complexity index is 779. The summed E-state index contributed by atoms with van der Waals surface area (Å²) in [5.41, 5.74) is 9.47. The Morgan fingerprint density at radius 1 is 0.839 bits per heavy atom. The minimum atomic E-state index is -0.639. The number of hydrogen-bond donors (Lipinski definition) is 1. The van der Waals surface area contributed by atoms with Gasteiger partial charge in [0.25, 0.3) is 0 Å². The van der Waals surface area contributed by atoms with Crippen molar-refractivity contribution >= 4 is 0 Å². The smallest absolute Gasteiger partial charge is 0.169 e. The molecule has 0 spiro atoms. The van der Waals surface area contributed by atoms with Crippen LogP contribution in [0.25, 0.3) is 0 Å². The molecule has 0 heterocycles. The summed E-state index contributed by atoms with van der Waals surface area (Å²) in [5, 5.41) is 0. The Hall–Kier alpha value is -1.68. The van der Waals surface area contributed by atoms with Gasteiger partial charge in [-0.15, -0.1) is 0 Å². The maximum atomic E-state index is 6.87. The van der Waals surface area contributed by atoms with E-state index in [1.165, 1.54) is 5.56 Å². The van der Waals surface area contributed by atoms with Gasteiger partial charge in [0.1, 0.15) is 0 Å². The first-order valence-corrected chi connectivity index (χ1v) is 11.8. The fourth-order valence-electron chi connectivity index (χ4n) is 4.12. The van der Waals surface area contributed by atoms with Crippen LogP contribution in [0.3, 0.4) is 0 Å². The van der Waals surface area contributed by atoms with E-state index < -0.39 is 11.3 Å². The van der Waals surface area contributed by atoms with E-state index in [4.69, 9.17) is 15.2 Å².